The van der Waals surface area contributed by atoms with Gasteiger partial charge in [0.25, 0.3) is 11.9 Å². The Morgan fingerprint density at radius 1 is 1.07 bits per heavy atom. The van der Waals surface area contributed by atoms with E-state index < -0.39 is 6.03 Å². The van der Waals surface area contributed by atoms with Crippen molar-refractivity contribution in [3.05, 3.63) is 47.1 Å². The number of aromatic nitrogens is 3. The number of amides is 3. The number of hydrogen-bond donors (Lipinski definition) is 3. The zero-order chi connectivity index (χ0) is 19.4. The number of anilines is 1. The van der Waals surface area contributed by atoms with Crippen LogP contribution in [0.3, 0.4) is 0 Å². The number of carbonyl (C=O) groups is 2. The van der Waals surface area contributed by atoms with Crippen molar-refractivity contribution >= 4 is 35.1 Å². The molecule has 3 rings (SSSR count). The normalized spacial score (nSPS) is 10.6. The smallest absolute Gasteiger partial charge is 0.321 e. The third-order valence-corrected chi connectivity index (χ3v) is 3.96. The Morgan fingerprint density at radius 2 is 1.85 bits per heavy atom. The highest BCUT2D eigenvalue weighted by molar-refractivity contribution is 6.30. The Kier molecular flexibility index (Phi) is 5.56. The highest BCUT2D eigenvalue weighted by Crippen LogP contribution is 2.25. The van der Waals surface area contributed by atoms with E-state index in [4.69, 9.17) is 11.6 Å². The molecule has 0 fully saturated rings. The Bertz CT molecular complexity index is 1000. The van der Waals surface area contributed by atoms with Crippen LogP contribution < -0.4 is 16.0 Å². The average Bonchev–Trinajstić information content (AvgIpc) is 3.03. The number of benzene rings is 1. The summed E-state index contributed by atoms with van der Waals surface area (Å²) in [6.45, 7) is 4.59. The van der Waals surface area contributed by atoms with E-state index in [1.807, 2.05) is 19.1 Å². The van der Waals surface area contributed by atoms with Crippen LogP contribution in [0.2, 0.25) is 5.02 Å². The van der Waals surface area contributed by atoms with Gasteiger partial charge in [0.05, 0.1) is 0 Å². The van der Waals surface area contributed by atoms with Crippen LogP contribution in [0, 0.1) is 0 Å². The Labute approximate surface area is 160 Å². The Hall–Kier alpha value is -3.13. The van der Waals surface area contributed by atoms with Crippen molar-refractivity contribution in [1.82, 2.24) is 25.2 Å². The molecule has 2 heterocycles. The van der Waals surface area contributed by atoms with E-state index in [1.165, 1.54) is 4.52 Å². The zero-order valence-corrected chi connectivity index (χ0v) is 15.7. The predicted molar refractivity (Wildman–Crippen MR) is 104 cm³/mol. The lowest BCUT2D eigenvalue weighted by Crippen LogP contribution is -2.28. The van der Waals surface area contributed by atoms with Crippen LogP contribution in [0.5, 0.6) is 0 Å². The summed E-state index contributed by atoms with van der Waals surface area (Å²) in [5, 5.41) is 12.7. The van der Waals surface area contributed by atoms with Gasteiger partial charge in [-0.05, 0) is 49.2 Å². The molecule has 0 spiro atoms. The number of urea groups is 1. The first-order valence-electron chi connectivity index (χ1n) is 8.51. The van der Waals surface area contributed by atoms with E-state index in [2.05, 4.69) is 26.0 Å². The van der Waals surface area contributed by atoms with E-state index >= 15 is 0 Å². The third-order valence-electron chi connectivity index (χ3n) is 3.73. The number of nitrogens with zero attached hydrogens (tertiary/aromatic N) is 3. The van der Waals surface area contributed by atoms with Crippen LogP contribution in [0.1, 0.15) is 24.3 Å². The van der Waals surface area contributed by atoms with Gasteiger partial charge in [0.15, 0.2) is 5.65 Å². The first kappa shape index (κ1) is 18.7. The molecular formula is C18H19ClN6O2. The molecule has 3 N–H and O–H groups in total. The van der Waals surface area contributed by atoms with E-state index in [0.717, 1.165) is 11.1 Å². The summed E-state index contributed by atoms with van der Waals surface area (Å²) in [6, 6.07) is 10.4. The minimum atomic E-state index is -0.414. The molecule has 0 atom stereocenters. The van der Waals surface area contributed by atoms with Gasteiger partial charge >= 0.3 is 6.03 Å². The van der Waals surface area contributed by atoms with Gasteiger partial charge in [0.2, 0.25) is 0 Å². The second kappa shape index (κ2) is 8.05. The molecule has 27 heavy (non-hydrogen) atoms. The van der Waals surface area contributed by atoms with E-state index in [1.54, 1.807) is 31.2 Å². The van der Waals surface area contributed by atoms with Crippen LogP contribution in [-0.2, 0) is 0 Å². The first-order chi connectivity index (χ1) is 13.0. The summed E-state index contributed by atoms with van der Waals surface area (Å²) >= 11 is 6.09. The fourth-order valence-corrected chi connectivity index (χ4v) is 2.78. The van der Waals surface area contributed by atoms with Crippen molar-refractivity contribution < 1.29 is 9.59 Å². The van der Waals surface area contributed by atoms with Gasteiger partial charge in [-0.25, -0.2) is 9.31 Å². The summed E-state index contributed by atoms with van der Waals surface area (Å²) < 4.78 is 1.40. The SMILES string of the molecule is CCNC(=O)Nc1nc2cc(-c3cccc(Cl)c3)cc(C(=O)NCC)n2n1. The number of halogens is 1. The van der Waals surface area contributed by atoms with Crippen molar-refractivity contribution in [3.8, 4) is 11.1 Å². The third kappa shape index (κ3) is 4.17. The van der Waals surface area contributed by atoms with E-state index in [-0.39, 0.29) is 11.9 Å². The van der Waals surface area contributed by atoms with E-state index in [0.29, 0.717) is 29.5 Å². The standard InChI is InChI=1S/C18H19ClN6O2/c1-3-20-16(26)14-9-12(11-6-5-7-13(19)8-11)10-15-22-17(24-25(14)15)23-18(27)21-4-2/h5-10H,3-4H2,1-2H3,(H,20,26)(H2,21,23,24,27). The second-order valence-corrected chi connectivity index (χ2v) is 6.13. The second-order valence-electron chi connectivity index (χ2n) is 5.69. The molecule has 3 amide bonds. The Balaban J connectivity index is 2.10. The van der Waals surface area contributed by atoms with Crippen LogP contribution >= 0.6 is 11.6 Å². The number of carbonyl (C=O) groups excluding carboxylic acids is 2. The van der Waals surface area contributed by atoms with Gasteiger partial charge in [0.1, 0.15) is 5.69 Å². The van der Waals surface area contributed by atoms with Gasteiger partial charge in [-0.15, -0.1) is 5.10 Å². The van der Waals surface area contributed by atoms with Gasteiger partial charge < -0.3 is 10.6 Å². The van der Waals surface area contributed by atoms with Crippen molar-refractivity contribution in [3.63, 3.8) is 0 Å². The lowest BCUT2D eigenvalue weighted by molar-refractivity contribution is 0.0948. The maximum atomic E-state index is 12.5. The van der Waals surface area contributed by atoms with Crippen LogP contribution in [0.4, 0.5) is 10.7 Å². The molecule has 0 saturated heterocycles. The maximum absolute atomic E-state index is 12.5. The summed E-state index contributed by atoms with van der Waals surface area (Å²) in [6.07, 6.45) is 0. The number of hydrogen-bond acceptors (Lipinski definition) is 4. The summed E-state index contributed by atoms with van der Waals surface area (Å²) in [5.41, 5.74) is 2.35. The van der Waals surface area contributed by atoms with Crippen LogP contribution in [0.25, 0.3) is 16.8 Å². The molecule has 0 unspecified atom stereocenters. The molecule has 140 valence electrons. The Morgan fingerprint density at radius 3 is 2.56 bits per heavy atom. The molecular weight excluding hydrogens is 368 g/mol. The highest BCUT2D eigenvalue weighted by Gasteiger charge is 2.17. The van der Waals surface area contributed by atoms with Crippen LogP contribution in [0.15, 0.2) is 36.4 Å². The average molecular weight is 387 g/mol. The van der Waals surface area contributed by atoms with Gasteiger partial charge in [0, 0.05) is 18.1 Å². The van der Waals surface area contributed by atoms with Crippen LogP contribution in [-0.4, -0.2) is 39.6 Å². The number of fused-ring (bicyclic) bond motifs is 1. The van der Waals surface area contributed by atoms with Gasteiger partial charge in [-0.2, -0.15) is 4.98 Å². The minimum Gasteiger partial charge on any atom is -0.351 e. The molecule has 8 nitrogen and oxygen atoms in total. The highest BCUT2D eigenvalue weighted by atomic mass is 35.5. The fraction of sp³-hybridized carbons (Fsp3) is 0.222. The zero-order valence-electron chi connectivity index (χ0n) is 14.9. The van der Waals surface area contributed by atoms with E-state index in [9.17, 15) is 9.59 Å². The molecule has 9 heteroatoms. The first-order valence-corrected chi connectivity index (χ1v) is 8.89. The molecule has 0 saturated carbocycles. The molecule has 3 aromatic rings. The topological polar surface area (TPSA) is 100 Å². The van der Waals surface area contributed by atoms with Crippen molar-refractivity contribution in [2.24, 2.45) is 0 Å². The molecule has 0 aliphatic rings. The summed E-state index contributed by atoms with van der Waals surface area (Å²) in [7, 11) is 0. The number of rotatable bonds is 5. The largest absolute Gasteiger partial charge is 0.351 e. The van der Waals surface area contributed by atoms with Gasteiger partial charge in [-0.1, -0.05) is 23.7 Å². The van der Waals surface area contributed by atoms with Crippen molar-refractivity contribution in [1.29, 1.82) is 0 Å². The van der Waals surface area contributed by atoms with Gasteiger partial charge in [-0.3, -0.25) is 10.1 Å². The predicted octanol–water partition coefficient (Wildman–Crippen LogP) is 2.94. The molecule has 0 aliphatic carbocycles. The lowest BCUT2D eigenvalue weighted by Gasteiger charge is -2.08. The summed E-state index contributed by atoms with van der Waals surface area (Å²) in [5.74, 6) is -0.185. The monoisotopic (exact) mass is 386 g/mol. The minimum absolute atomic E-state index is 0.106. The molecule has 0 aliphatic heterocycles. The van der Waals surface area contributed by atoms with Crippen molar-refractivity contribution in [2.75, 3.05) is 18.4 Å². The molecule has 2 aromatic heterocycles. The molecule has 0 bridgehead atoms. The number of pyridine rings is 1. The fourth-order valence-electron chi connectivity index (χ4n) is 2.59. The molecule has 1 aromatic carbocycles. The maximum Gasteiger partial charge on any atom is 0.321 e. The molecule has 0 radical (unpaired) electrons. The lowest BCUT2D eigenvalue weighted by atomic mass is 10.1. The quantitative estimate of drug-likeness (QED) is 0.627. The van der Waals surface area contributed by atoms with Crippen molar-refractivity contribution in [2.45, 2.75) is 13.8 Å². The number of nitrogens with one attached hydrogen (secondary N) is 3. The summed E-state index contributed by atoms with van der Waals surface area (Å²) in [4.78, 5) is 28.6.